The Bertz CT molecular complexity index is 1100. The number of hydrogen-bond donors (Lipinski definition) is 1. The summed E-state index contributed by atoms with van der Waals surface area (Å²) < 4.78 is 35.1. The van der Waals surface area contributed by atoms with Crippen LogP contribution in [0.5, 0.6) is 5.75 Å². The molecule has 28 heavy (non-hydrogen) atoms. The third kappa shape index (κ3) is 4.37. The van der Waals surface area contributed by atoms with Gasteiger partial charge in [0, 0.05) is 5.56 Å². The summed E-state index contributed by atoms with van der Waals surface area (Å²) >= 11 is 0. The molecule has 9 heteroatoms. The maximum atomic E-state index is 12.4. The lowest BCUT2D eigenvalue weighted by Gasteiger charge is -2.05. The highest BCUT2D eigenvalue weighted by atomic mass is 32.2. The first-order valence-electron chi connectivity index (χ1n) is 8.36. The molecule has 1 N–H and O–H groups in total. The lowest BCUT2D eigenvalue weighted by atomic mass is 10.1. The average molecular weight is 401 g/mol. The van der Waals surface area contributed by atoms with Crippen molar-refractivity contribution in [2.45, 2.75) is 18.7 Å². The molecule has 1 aromatic heterocycles. The molecule has 0 fully saturated rings. The number of aromatic nitrogens is 2. The third-order valence-corrected chi connectivity index (χ3v) is 5.80. The van der Waals surface area contributed by atoms with Crippen molar-refractivity contribution < 1.29 is 22.4 Å². The quantitative estimate of drug-likeness (QED) is 0.676. The second kappa shape index (κ2) is 7.81. The number of nitrogens with one attached hydrogen (secondary N) is 1. The van der Waals surface area contributed by atoms with Crippen LogP contribution in [0.3, 0.4) is 0 Å². The van der Waals surface area contributed by atoms with Crippen LogP contribution in [0.1, 0.15) is 11.1 Å². The van der Waals surface area contributed by atoms with Gasteiger partial charge in [-0.3, -0.25) is 10.1 Å². The number of rotatable bonds is 6. The molecule has 0 atom stereocenters. The largest absolute Gasteiger partial charge is 0.497 e. The monoisotopic (exact) mass is 401 g/mol. The summed E-state index contributed by atoms with van der Waals surface area (Å²) in [6.45, 7) is 3.95. The van der Waals surface area contributed by atoms with Crippen molar-refractivity contribution in [3.8, 4) is 17.2 Å². The van der Waals surface area contributed by atoms with Crippen LogP contribution in [0.4, 0.5) is 6.01 Å². The summed E-state index contributed by atoms with van der Waals surface area (Å²) in [5, 5.41) is 9.96. The van der Waals surface area contributed by atoms with Gasteiger partial charge in [-0.1, -0.05) is 11.2 Å². The van der Waals surface area contributed by atoms with E-state index in [4.69, 9.17) is 9.15 Å². The average Bonchev–Trinajstić information content (AvgIpc) is 3.11. The summed E-state index contributed by atoms with van der Waals surface area (Å²) in [5.74, 6) is -0.767. The molecule has 0 spiro atoms. The Morgan fingerprint density at radius 3 is 2.43 bits per heavy atom. The molecule has 3 aromatic rings. The molecular formula is C19H19N3O5S. The van der Waals surface area contributed by atoms with E-state index in [1.54, 1.807) is 0 Å². The van der Waals surface area contributed by atoms with Gasteiger partial charge in [-0.05, 0) is 61.4 Å². The molecule has 3 rings (SSSR count). The van der Waals surface area contributed by atoms with Gasteiger partial charge >= 0.3 is 6.01 Å². The third-order valence-electron chi connectivity index (χ3n) is 4.16. The molecule has 0 saturated heterocycles. The molecule has 1 heterocycles. The van der Waals surface area contributed by atoms with Crippen LogP contribution in [0, 0.1) is 13.8 Å². The van der Waals surface area contributed by atoms with E-state index in [0.717, 1.165) is 11.1 Å². The molecule has 0 aliphatic carbocycles. The van der Waals surface area contributed by atoms with Gasteiger partial charge < -0.3 is 9.15 Å². The fourth-order valence-corrected chi connectivity index (χ4v) is 3.59. The van der Waals surface area contributed by atoms with Crippen molar-refractivity contribution in [1.29, 1.82) is 0 Å². The maximum Gasteiger partial charge on any atom is 0.322 e. The Morgan fingerprint density at radius 2 is 1.79 bits per heavy atom. The number of amides is 1. The van der Waals surface area contributed by atoms with Crippen LogP contribution < -0.4 is 10.1 Å². The minimum atomic E-state index is -3.82. The lowest BCUT2D eigenvalue weighted by molar-refractivity contribution is -0.114. The molecular weight excluding hydrogens is 382 g/mol. The summed E-state index contributed by atoms with van der Waals surface area (Å²) in [7, 11) is -2.34. The normalized spacial score (nSPS) is 11.2. The van der Waals surface area contributed by atoms with E-state index in [2.05, 4.69) is 15.5 Å². The van der Waals surface area contributed by atoms with Gasteiger partial charge in [-0.25, -0.2) is 8.42 Å². The zero-order valence-corrected chi connectivity index (χ0v) is 16.4. The first kappa shape index (κ1) is 19.6. The van der Waals surface area contributed by atoms with Crippen LogP contribution in [0.25, 0.3) is 11.5 Å². The van der Waals surface area contributed by atoms with Crippen molar-refractivity contribution in [2.75, 3.05) is 18.2 Å². The van der Waals surface area contributed by atoms with Crippen LogP contribution in [0.2, 0.25) is 0 Å². The van der Waals surface area contributed by atoms with Gasteiger partial charge in [0.15, 0.2) is 9.84 Å². The molecule has 0 radical (unpaired) electrons. The predicted molar refractivity (Wildman–Crippen MR) is 103 cm³/mol. The molecule has 146 valence electrons. The van der Waals surface area contributed by atoms with Gasteiger partial charge in [0.1, 0.15) is 11.5 Å². The number of hydrogen-bond acceptors (Lipinski definition) is 7. The number of carbonyl (C=O) groups excluding carboxylic acids is 1. The van der Waals surface area contributed by atoms with E-state index in [0.29, 0.717) is 11.3 Å². The number of sulfone groups is 1. The Kier molecular flexibility index (Phi) is 5.46. The highest BCUT2D eigenvalue weighted by molar-refractivity contribution is 7.92. The standard InChI is InChI=1S/C19H19N3O5S/c1-12-4-5-14(10-13(12)2)18-21-22-19(27-18)20-17(23)11-28(24,25)16-8-6-15(26-3)7-9-16/h4-10H,11H2,1-3H3,(H,20,22,23). The Labute approximate surface area is 162 Å². The minimum absolute atomic E-state index is 0.0183. The zero-order valence-electron chi connectivity index (χ0n) is 15.6. The number of carbonyl (C=O) groups is 1. The second-order valence-corrected chi connectivity index (χ2v) is 8.18. The van der Waals surface area contributed by atoms with Gasteiger partial charge in [0.25, 0.3) is 0 Å². The van der Waals surface area contributed by atoms with E-state index in [9.17, 15) is 13.2 Å². The van der Waals surface area contributed by atoms with E-state index >= 15 is 0 Å². The number of nitrogens with zero attached hydrogens (tertiary/aromatic N) is 2. The number of anilines is 1. The van der Waals surface area contributed by atoms with Crippen molar-refractivity contribution in [3.05, 3.63) is 53.6 Å². The van der Waals surface area contributed by atoms with E-state index in [1.165, 1.54) is 31.4 Å². The zero-order chi connectivity index (χ0) is 20.3. The molecule has 0 aliphatic rings. The smallest absolute Gasteiger partial charge is 0.322 e. The van der Waals surface area contributed by atoms with Crippen molar-refractivity contribution in [3.63, 3.8) is 0 Å². The van der Waals surface area contributed by atoms with Crippen LogP contribution in [0.15, 0.2) is 51.8 Å². The van der Waals surface area contributed by atoms with Gasteiger partial charge in [-0.2, -0.15) is 0 Å². The fourth-order valence-electron chi connectivity index (χ4n) is 2.46. The minimum Gasteiger partial charge on any atom is -0.497 e. The first-order chi connectivity index (χ1) is 13.3. The Hall–Kier alpha value is -3.20. The van der Waals surface area contributed by atoms with E-state index < -0.39 is 21.5 Å². The summed E-state index contributed by atoms with van der Waals surface area (Å²) in [4.78, 5) is 12.1. The SMILES string of the molecule is COc1ccc(S(=O)(=O)CC(=O)Nc2nnc(-c3ccc(C)c(C)c3)o2)cc1. The molecule has 0 bridgehead atoms. The number of benzene rings is 2. The van der Waals surface area contributed by atoms with Crippen LogP contribution in [-0.2, 0) is 14.6 Å². The van der Waals surface area contributed by atoms with Gasteiger partial charge in [0.05, 0.1) is 12.0 Å². The lowest BCUT2D eigenvalue weighted by Crippen LogP contribution is -2.23. The van der Waals surface area contributed by atoms with Crippen molar-refractivity contribution in [2.24, 2.45) is 0 Å². The van der Waals surface area contributed by atoms with Gasteiger partial charge in [0.2, 0.25) is 11.8 Å². The number of ether oxygens (including phenoxy) is 1. The summed E-state index contributed by atoms with van der Waals surface area (Å²) in [5.41, 5.74) is 2.90. The van der Waals surface area contributed by atoms with Crippen LogP contribution >= 0.6 is 0 Å². The van der Waals surface area contributed by atoms with Gasteiger partial charge in [-0.15, -0.1) is 5.10 Å². The van der Waals surface area contributed by atoms with Crippen molar-refractivity contribution in [1.82, 2.24) is 10.2 Å². The highest BCUT2D eigenvalue weighted by Crippen LogP contribution is 2.22. The highest BCUT2D eigenvalue weighted by Gasteiger charge is 2.21. The first-order valence-corrected chi connectivity index (χ1v) is 10.0. The second-order valence-electron chi connectivity index (χ2n) is 6.19. The summed E-state index contributed by atoms with van der Waals surface area (Å²) in [6.07, 6.45) is 0. The van der Waals surface area contributed by atoms with E-state index in [1.807, 2.05) is 32.0 Å². The molecule has 2 aromatic carbocycles. The van der Waals surface area contributed by atoms with E-state index in [-0.39, 0.29) is 16.8 Å². The maximum absolute atomic E-state index is 12.4. The number of aryl methyl sites for hydroxylation is 2. The molecule has 0 saturated carbocycles. The molecule has 0 unspecified atom stereocenters. The topological polar surface area (TPSA) is 111 Å². The van der Waals surface area contributed by atoms with Crippen molar-refractivity contribution >= 4 is 21.8 Å². The molecule has 8 nitrogen and oxygen atoms in total. The number of methoxy groups -OCH3 is 1. The molecule has 1 amide bonds. The predicted octanol–water partition coefficient (Wildman–Crippen LogP) is 2.77. The fraction of sp³-hybridized carbons (Fsp3) is 0.211. The Balaban J connectivity index is 1.69. The van der Waals surface area contributed by atoms with Crippen LogP contribution in [-0.4, -0.2) is 37.4 Å². The molecule has 0 aliphatic heterocycles. The summed E-state index contributed by atoms with van der Waals surface area (Å²) in [6, 6.07) is 11.3. The Morgan fingerprint density at radius 1 is 1.07 bits per heavy atom.